The Hall–Kier alpha value is -1.73. The molecule has 1 N–H and O–H groups in total. The third-order valence-electron chi connectivity index (χ3n) is 4.38. The van der Waals surface area contributed by atoms with Gasteiger partial charge in [0, 0.05) is 6.61 Å². The lowest BCUT2D eigenvalue weighted by molar-refractivity contribution is -0.146. The molecule has 0 radical (unpaired) electrons. The van der Waals surface area contributed by atoms with Crippen molar-refractivity contribution in [3.63, 3.8) is 0 Å². The van der Waals surface area contributed by atoms with Crippen LogP contribution in [0.2, 0.25) is 0 Å². The predicted molar refractivity (Wildman–Crippen MR) is 101 cm³/mol. The summed E-state index contributed by atoms with van der Waals surface area (Å²) >= 11 is 0. The normalized spacial score (nSPS) is 22.8. The van der Waals surface area contributed by atoms with Gasteiger partial charge in [0.15, 0.2) is 5.79 Å². The number of aliphatic hydroxyl groups is 1. The molecule has 0 aromatic heterocycles. The van der Waals surface area contributed by atoms with Crippen LogP contribution in [0.1, 0.15) is 32.3 Å². The van der Waals surface area contributed by atoms with Crippen LogP contribution in [0.4, 0.5) is 0 Å². The van der Waals surface area contributed by atoms with Crippen LogP contribution in [0.25, 0.3) is 0 Å². The average Bonchev–Trinajstić information content (AvgIpc) is 2.97. The Balaban J connectivity index is 1.88. The summed E-state index contributed by atoms with van der Waals surface area (Å²) in [6.45, 7) is 4.56. The molecule has 150 valence electrons. The van der Waals surface area contributed by atoms with E-state index in [1.807, 2.05) is 56.3 Å². The summed E-state index contributed by atoms with van der Waals surface area (Å²) in [5, 5.41) is 9.47. The highest BCUT2D eigenvalue weighted by Crippen LogP contribution is 2.29. The molecule has 3 atom stereocenters. The first kappa shape index (κ1) is 21.6. The second-order valence-corrected chi connectivity index (χ2v) is 7.07. The van der Waals surface area contributed by atoms with Crippen LogP contribution in [0.3, 0.4) is 0 Å². The van der Waals surface area contributed by atoms with E-state index in [1.54, 1.807) is 0 Å². The van der Waals surface area contributed by atoms with Crippen molar-refractivity contribution >= 4 is 5.97 Å². The Kier molecular flexibility index (Phi) is 8.44. The van der Waals surface area contributed by atoms with Gasteiger partial charge in [0.2, 0.25) is 0 Å². The highest BCUT2D eigenvalue weighted by Gasteiger charge is 2.39. The molecule has 0 bridgehead atoms. The Morgan fingerprint density at radius 1 is 1.30 bits per heavy atom. The summed E-state index contributed by atoms with van der Waals surface area (Å²) in [4.78, 5) is 11.7. The Labute approximate surface area is 161 Å². The van der Waals surface area contributed by atoms with Crippen molar-refractivity contribution in [3.05, 3.63) is 48.0 Å². The Morgan fingerprint density at radius 3 is 2.70 bits per heavy atom. The van der Waals surface area contributed by atoms with Gasteiger partial charge in [0.1, 0.15) is 12.2 Å². The zero-order valence-corrected chi connectivity index (χ0v) is 16.3. The van der Waals surface area contributed by atoms with Crippen molar-refractivity contribution in [1.29, 1.82) is 0 Å². The number of aliphatic hydroxyl groups excluding tert-OH is 1. The van der Waals surface area contributed by atoms with Crippen LogP contribution in [0, 0.1) is 5.92 Å². The molecule has 1 aromatic carbocycles. The number of hydrogen-bond donors (Lipinski definition) is 1. The van der Waals surface area contributed by atoms with E-state index in [1.165, 1.54) is 7.11 Å². The lowest BCUT2D eigenvalue weighted by Gasteiger charge is -2.16. The van der Waals surface area contributed by atoms with Crippen molar-refractivity contribution in [3.8, 4) is 0 Å². The van der Waals surface area contributed by atoms with Gasteiger partial charge in [-0.2, -0.15) is 0 Å². The van der Waals surface area contributed by atoms with Gasteiger partial charge in [-0.15, -0.1) is 0 Å². The second kappa shape index (κ2) is 10.6. The van der Waals surface area contributed by atoms with Gasteiger partial charge in [-0.1, -0.05) is 42.5 Å². The lowest BCUT2D eigenvalue weighted by atomic mass is 10.00. The maximum atomic E-state index is 11.7. The summed E-state index contributed by atoms with van der Waals surface area (Å²) in [7, 11) is 1.38. The van der Waals surface area contributed by atoms with Crippen molar-refractivity contribution in [1.82, 2.24) is 0 Å². The first-order valence-electron chi connectivity index (χ1n) is 9.27. The second-order valence-electron chi connectivity index (χ2n) is 7.07. The third kappa shape index (κ3) is 7.42. The molecule has 0 aliphatic carbocycles. The number of benzene rings is 1. The third-order valence-corrected chi connectivity index (χ3v) is 4.38. The van der Waals surface area contributed by atoms with Crippen LogP contribution in [-0.4, -0.2) is 49.4 Å². The number of esters is 1. The monoisotopic (exact) mass is 378 g/mol. The quantitative estimate of drug-likeness (QED) is 0.383. The minimum absolute atomic E-state index is 0.0418. The maximum absolute atomic E-state index is 11.7. The fourth-order valence-electron chi connectivity index (χ4n) is 3.00. The van der Waals surface area contributed by atoms with Crippen LogP contribution in [0.5, 0.6) is 0 Å². The van der Waals surface area contributed by atoms with Gasteiger partial charge < -0.3 is 24.1 Å². The fourth-order valence-corrected chi connectivity index (χ4v) is 3.00. The molecular formula is C21H30O6. The molecule has 1 aliphatic heterocycles. The fraction of sp³-hybridized carbons (Fsp3) is 0.571. The Morgan fingerprint density at radius 2 is 2.04 bits per heavy atom. The minimum Gasteiger partial charge on any atom is -0.469 e. The van der Waals surface area contributed by atoms with Crippen LogP contribution in [-0.2, 0) is 30.3 Å². The van der Waals surface area contributed by atoms with Gasteiger partial charge in [-0.25, -0.2) is 0 Å². The van der Waals surface area contributed by atoms with Crippen molar-refractivity contribution < 1.29 is 28.8 Å². The number of carbonyl (C=O) groups excluding carboxylic acids is 1. The van der Waals surface area contributed by atoms with E-state index in [0.717, 1.165) is 5.56 Å². The highest BCUT2D eigenvalue weighted by molar-refractivity contribution is 5.69. The molecule has 1 saturated heterocycles. The molecule has 1 heterocycles. The zero-order chi connectivity index (χ0) is 19.7. The highest BCUT2D eigenvalue weighted by atomic mass is 16.8. The topological polar surface area (TPSA) is 74.2 Å². The standard InChI is InChI=1S/C21H30O6/c1-21(2)26-18(19(14-22)27-21)10-9-16(13-20(23)24-3)11-12-25-15-17-7-5-4-6-8-17/h4-10,16,18-19,22H,11-15H2,1-3H3/b10-9+/t16-,18+,19-/m1/s1. The van der Waals surface area contributed by atoms with E-state index in [9.17, 15) is 9.90 Å². The molecule has 0 unspecified atom stereocenters. The van der Waals surface area contributed by atoms with E-state index in [0.29, 0.717) is 19.6 Å². The van der Waals surface area contributed by atoms with Crippen molar-refractivity contribution in [2.75, 3.05) is 20.3 Å². The van der Waals surface area contributed by atoms with E-state index < -0.39 is 11.9 Å². The summed E-state index contributed by atoms with van der Waals surface area (Å²) < 4.78 is 22.0. The molecule has 0 amide bonds. The molecular weight excluding hydrogens is 348 g/mol. The molecule has 2 rings (SSSR count). The van der Waals surface area contributed by atoms with Gasteiger partial charge in [0.05, 0.1) is 26.7 Å². The smallest absolute Gasteiger partial charge is 0.306 e. The largest absolute Gasteiger partial charge is 0.469 e. The number of rotatable bonds is 10. The van der Waals surface area contributed by atoms with Gasteiger partial charge in [-0.05, 0) is 31.7 Å². The first-order chi connectivity index (χ1) is 12.9. The van der Waals surface area contributed by atoms with Crippen molar-refractivity contribution in [2.24, 2.45) is 5.92 Å². The van der Waals surface area contributed by atoms with Gasteiger partial charge >= 0.3 is 5.97 Å². The SMILES string of the molecule is COC(=O)C[C@H](/C=C/[C@@H]1OC(C)(C)O[C@@H]1CO)CCOCc1ccccc1. The number of allylic oxidation sites excluding steroid dienone is 1. The number of ether oxygens (including phenoxy) is 4. The molecule has 1 aromatic rings. The summed E-state index contributed by atoms with van der Waals surface area (Å²) in [5.74, 6) is -1.05. The molecule has 0 saturated carbocycles. The lowest BCUT2D eigenvalue weighted by Crippen LogP contribution is -2.25. The molecule has 6 nitrogen and oxygen atoms in total. The summed E-state index contributed by atoms with van der Waals surface area (Å²) in [6.07, 6.45) is 3.97. The Bertz CT molecular complexity index is 598. The average molecular weight is 378 g/mol. The molecule has 0 spiro atoms. The number of carbonyl (C=O) groups is 1. The predicted octanol–water partition coefficient (Wildman–Crippen LogP) is 2.84. The van der Waals surface area contributed by atoms with E-state index in [4.69, 9.17) is 18.9 Å². The van der Waals surface area contributed by atoms with E-state index >= 15 is 0 Å². The van der Waals surface area contributed by atoms with Crippen LogP contribution >= 0.6 is 0 Å². The first-order valence-corrected chi connectivity index (χ1v) is 9.27. The zero-order valence-electron chi connectivity index (χ0n) is 16.3. The number of hydrogen-bond acceptors (Lipinski definition) is 6. The molecule has 1 aliphatic rings. The van der Waals surface area contributed by atoms with E-state index in [2.05, 4.69) is 0 Å². The van der Waals surface area contributed by atoms with Gasteiger partial charge in [-0.3, -0.25) is 4.79 Å². The minimum atomic E-state index is -0.737. The maximum Gasteiger partial charge on any atom is 0.306 e. The van der Waals surface area contributed by atoms with Crippen LogP contribution < -0.4 is 0 Å². The number of methoxy groups -OCH3 is 1. The molecule has 6 heteroatoms. The van der Waals surface area contributed by atoms with Crippen molar-refractivity contribution in [2.45, 2.75) is 51.3 Å². The van der Waals surface area contributed by atoms with Crippen LogP contribution in [0.15, 0.2) is 42.5 Å². The molecule has 1 fully saturated rings. The molecule has 27 heavy (non-hydrogen) atoms. The van der Waals surface area contributed by atoms with Gasteiger partial charge in [0.25, 0.3) is 0 Å². The summed E-state index contributed by atoms with van der Waals surface area (Å²) in [5.41, 5.74) is 1.11. The van der Waals surface area contributed by atoms with E-state index in [-0.39, 0.29) is 31.0 Å². The summed E-state index contributed by atoms with van der Waals surface area (Å²) in [6, 6.07) is 9.95.